The molecule has 0 aliphatic heterocycles. The van der Waals surface area contributed by atoms with Gasteiger partial charge in [-0.1, -0.05) is 0 Å². The SMILES string of the molecule is O=C(O)c1ccc(F)c(Cn2cnccc2=O)c1. The van der Waals surface area contributed by atoms with Gasteiger partial charge in [0.25, 0.3) is 5.56 Å². The standard InChI is InChI=1S/C12H9FN2O3/c13-10-2-1-8(12(17)18)5-9(10)6-15-7-14-4-3-11(15)16/h1-5,7H,6H2,(H,17,18). The van der Waals surface area contributed by atoms with Gasteiger partial charge in [0.2, 0.25) is 0 Å². The van der Waals surface area contributed by atoms with Gasteiger partial charge in [-0.2, -0.15) is 0 Å². The Labute approximate surface area is 101 Å². The zero-order valence-electron chi connectivity index (χ0n) is 9.21. The topological polar surface area (TPSA) is 72.2 Å². The van der Waals surface area contributed by atoms with Gasteiger partial charge in [-0.05, 0) is 18.2 Å². The van der Waals surface area contributed by atoms with Crippen LogP contribution in [0.15, 0.2) is 41.6 Å². The maximum absolute atomic E-state index is 13.5. The van der Waals surface area contributed by atoms with E-state index >= 15 is 0 Å². The van der Waals surface area contributed by atoms with Crippen molar-refractivity contribution in [1.82, 2.24) is 9.55 Å². The zero-order valence-corrected chi connectivity index (χ0v) is 9.21. The maximum atomic E-state index is 13.5. The van der Waals surface area contributed by atoms with Crippen LogP contribution in [0.5, 0.6) is 0 Å². The minimum Gasteiger partial charge on any atom is -0.478 e. The van der Waals surface area contributed by atoms with Gasteiger partial charge < -0.3 is 5.11 Å². The van der Waals surface area contributed by atoms with E-state index in [9.17, 15) is 14.0 Å². The van der Waals surface area contributed by atoms with E-state index in [1.807, 2.05) is 0 Å². The molecule has 0 unspecified atom stereocenters. The minimum absolute atomic E-state index is 0.0247. The van der Waals surface area contributed by atoms with Crippen LogP contribution in [0, 0.1) is 5.82 Å². The lowest BCUT2D eigenvalue weighted by atomic mass is 10.1. The number of benzene rings is 1. The number of halogens is 1. The molecule has 0 saturated heterocycles. The molecular weight excluding hydrogens is 239 g/mol. The van der Waals surface area contributed by atoms with Gasteiger partial charge in [0.15, 0.2) is 0 Å². The van der Waals surface area contributed by atoms with E-state index in [2.05, 4.69) is 4.98 Å². The van der Waals surface area contributed by atoms with Crippen molar-refractivity contribution in [3.63, 3.8) is 0 Å². The van der Waals surface area contributed by atoms with Crippen molar-refractivity contribution < 1.29 is 14.3 Å². The minimum atomic E-state index is -1.14. The Morgan fingerprint density at radius 1 is 1.39 bits per heavy atom. The Hall–Kier alpha value is -2.50. The first-order valence-corrected chi connectivity index (χ1v) is 5.10. The summed E-state index contributed by atoms with van der Waals surface area (Å²) in [7, 11) is 0. The second-order valence-electron chi connectivity index (χ2n) is 3.66. The van der Waals surface area contributed by atoms with E-state index in [1.54, 1.807) is 0 Å². The summed E-state index contributed by atoms with van der Waals surface area (Å²) in [5, 5.41) is 8.82. The van der Waals surface area contributed by atoms with Crippen LogP contribution in [0.4, 0.5) is 4.39 Å². The molecular formula is C12H9FN2O3. The monoisotopic (exact) mass is 248 g/mol. The molecule has 18 heavy (non-hydrogen) atoms. The van der Waals surface area contributed by atoms with Crippen LogP contribution in [-0.2, 0) is 6.54 Å². The quantitative estimate of drug-likeness (QED) is 0.883. The summed E-state index contributed by atoms with van der Waals surface area (Å²) >= 11 is 0. The normalized spacial score (nSPS) is 10.3. The second-order valence-corrected chi connectivity index (χ2v) is 3.66. The number of carboxylic acid groups (broad SMARTS) is 1. The number of hydrogen-bond donors (Lipinski definition) is 1. The van der Waals surface area contributed by atoms with Crippen LogP contribution in [0.25, 0.3) is 0 Å². The number of hydrogen-bond acceptors (Lipinski definition) is 3. The van der Waals surface area contributed by atoms with E-state index < -0.39 is 11.8 Å². The summed E-state index contributed by atoms with van der Waals surface area (Å²) in [6, 6.07) is 4.70. The summed E-state index contributed by atoms with van der Waals surface area (Å²) in [6.45, 7) is -0.0559. The van der Waals surface area contributed by atoms with Crippen molar-refractivity contribution in [2.24, 2.45) is 0 Å². The largest absolute Gasteiger partial charge is 0.478 e. The van der Waals surface area contributed by atoms with Crippen molar-refractivity contribution >= 4 is 5.97 Å². The molecule has 92 valence electrons. The van der Waals surface area contributed by atoms with Crippen LogP contribution in [0.1, 0.15) is 15.9 Å². The summed E-state index contributed by atoms with van der Waals surface area (Å²) in [5.41, 5.74) is -0.224. The number of aromatic nitrogens is 2. The van der Waals surface area contributed by atoms with Gasteiger partial charge >= 0.3 is 5.97 Å². The van der Waals surface area contributed by atoms with Gasteiger partial charge in [0, 0.05) is 17.8 Å². The molecule has 0 atom stereocenters. The Balaban J connectivity index is 2.40. The predicted octanol–water partition coefficient (Wildman–Crippen LogP) is 1.13. The smallest absolute Gasteiger partial charge is 0.335 e. The number of carbonyl (C=O) groups is 1. The number of carboxylic acids is 1. The molecule has 5 nitrogen and oxygen atoms in total. The first kappa shape index (κ1) is 12.0. The third kappa shape index (κ3) is 2.42. The van der Waals surface area contributed by atoms with Crippen molar-refractivity contribution in [2.75, 3.05) is 0 Å². The van der Waals surface area contributed by atoms with Crippen LogP contribution in [0.2, 0.25) is 0 Å². The first-order valence-electron chi connectivity index (χ1n) is 5.10. The molecule has 0 aliphatic rings. The van der Waals surface area contributed by atoms with Gasteiger partial charge in [-0.15, -0.1) is 0 Å². The molecule has 0 spiro atoms. The summed E-state index contributed by atoms with van der Waals surface area (Å²) in [6.07, 6.45) is 2.61. The molecule has 1 heterocycles. The first-order chi connectivity index (χ1) is 8.58. The molecule has 0 bridgehead atoms. The lowest BCUT2D eigenvalue weighted by Crippen LogP contribution is -2.20. The Bertz CT molecular complexity index is 652. The molecule has 6 heteroatoms. The Kier molecular flexibility index (Phi) is 3.18. The molecule has 2 aromatic rings. The highest BCUT2D eigenvalue weighted by atomic mass is 19.1. The third-order valence-corrected chi connectivity index (χ3v) is 2.43. The average molecular weight is 248 g/mol. The molecule has 1 N–H and O–H groups in total. The lowest BCUT2D eigenvalue weighted by Gasteiger charge is -2.06. The van der Waals surface area contributed by atoms with Crippen LogP contribution in [-0.4, -0.2) is 20.6 Å². The predicted molar refractivity (Wildman–Crippen MR) is 61.0 cm³/mol. The van der Waals surface area contributed by atoms with Gasteiger partial charge in [0.1, 0.15) is 5.82 Å². The Morgan fingerprint density at radius 3 is 2.83 bits per heavy atom. The van der Waals surface area contributed by atoms with Crippen LogP contribution >= 0.6 is 0 Å². The molecule has 0 amide bonds. The summed E-state index contributed by atoms with van der Waals surface area (Å²) in [4.78, 5) is 26.0. The summed E-state index contributed by atoms with van der Waals surface area (Å²) in [5.74, 6) is -1.70. The van der Waals surface area contributed by atoms with Crippen molar-refractivity contribution in [3.8, 4) is 0 Å². The molecule has 0 aliphatic carbocycles. The zero-order chi connectivity index (χ0) is 13.1. The fraction of sp³-hybridized carbons (Fsp3) is 0.0833. The van der Waals surface area contributed by atoms with E-state index in [-0.39, 0.29) is 23.2 Å². The highest BCUT2D eigenvalue weighted by Crippen LogP contribution is 2.11. The van der Waals surface area contributed by atoms with Gasteiger partial charge in [-0.25, -0.2) is 14.2 Å². The van der Waals surface area contributed by atoms with Crippen LogP contribution in [0.3, 0.4) is 0 Å². The third-order valence-electron chi connectivity index (χ3n) is 2.43. The van der Waals surface area contributed by atoms with E-state index in [1.165, 1.54) is 35.3 Å². The second kappa shape index (κ2) is 4.79. The number of rotatable bonds is 3. The lowest BCUT2D eigenvalue weighted by molar-refractivity contribution is 0.0696. The molecule has 0 radical (unpaired) electrons. The fourth-order valence-corrected chi connectivity index (χ4v) is 1.51. The number of nitrogens with zero attached hydrogens (tertiary/aromatic N) is 2. The molecule has 2 rings (SSSR count). The van der Waals surface area contributed by atoms with Crippen LogP contribution < -0.4 is 5.56 Å². The Morgan fingerprint density at radius 2 is 2.17 bits per heavy atom. The van der Waals surface area contributed by atoms with E-state index in [0.29, 0.717) is 0 Å². The maximum Gasteiger partial charge on any atom is 0.335 e. The van der Waals surface area contributed by atoms with E-state index in [0.717, 1.165) is 6.07 Å². The highest BCUT2D eigenvalue weighted by molar-refractivity contribution is 5.87. The van der Waals surface area contributed by atoms with Gasteiger partial charge in [0.05, 0.1) is 18.4 Å². The summed E-state index contributed by atoms with van der Waals surface area (Å²) < 4.78 is 14.7. The molecule has 0 saturated carbocycles. The fourth-order valence-electron chi connectivity index (χ4n) is 1.51. The van der Waals surface area contributed by atoms with E-state index in [4.69, 9.17) is 5.11 Å². The average Bonchev–Trinajstić information content (AvgIpc) is 2.34. The molecule has 1 aromatic carbocycles. The van der Waals surface area contributed by atoms with Gasteiger partial charge in [-0.3, -0.25) is 9.36 Å². The highest BCUT2D eigenvalue weighted by Gasteiger charge is 2.09. The molecule has 1 aromatic heterocycles. The van der Waals surface area contributed by atoms with Crippen molar-refractivity contribution in [2.45, 2.75) is 6.54 Å². The molecule has 0 fully saturated rings. The number of aromatic carboxylic acids is 1. The van der Waals surface area contributed by atoms with Crippen molar-refractivity contribution in [3.05, 3.63) is 64.1 Å². The van der Waals surface area contributed by atoms with Crippen molar-refractivity contribution in [1.29, 1.82) is 0 Å².